The van der Waals surface area contributed by atoms with Crippen LogP contribution in [-0.4, -0.2) is 6.61 Å². The molecule has 0 N–H and O–H groups in total. The Hall–Kier alpha value is -0.820. The van der Waals surface area contributed by atoms with E-state index in [2.05, 4.69) is 45.0 Å². The zero-order chi connectivity index (χ0) is 9.47. The van der Waals surface area contributed by atoms with Gasteiger partial charge in [0.25, 0.3) is 0 Å². The summed E-state index contributed by atoms with van der Waals surface area (Å²) < 4.78 is 5.33. The molecule has 0 unspecified atom stereocenters. The first kappa shape index (κ1) is 8.76. The highest BCUT2D eigenvalue weighted by atomic mass is 16.6. The molecule has 1 heterocycles. The molecule has 0 aromatic heterocycles. The van der Waals surface area contributed by atoms with Crippen molar-refractivity contribution in [1.82, 2.24) is 0 Å². The van der Waals surface area contributed by atoms with Gasteiger partial charge in [0, 0.05) is 0 Å². The maximum Gasteiger partial charge on any atom is 0.106 e. The zero-order valence-electron chi connectivity index (χ0n) is 8.50. The lowest BCUT2D eigenvalue weighted by molar-refractivity contribution is 0.411. The normalized spacial score (nSPS) is 21.6. The van der Waals surface area contributed by atoms with Gasteiger partial charge < -0.3 is 4.74 Å². The van der Waals surface area contributed by atoms with Gasteiger partial charge in [0.15, 0.2) is 0 Å². The summed E-state index contributed by atoms with van der Waals surface area (Å²) in [5.74, 6) is 0. The minimum Gasteiger partial charge on any atom is -0.368 e. The second-order valence-electron chi connectivity index (χ2n) is 4.66. The van der Waals surface area contributed by atoms with Gasteiger partial charge in [0.05, 0.1) is 6.61 Å². The lowest BCUT2D eigenvalue weighted by atomic mass is 9.83. The second-order valence-corrected chi connectivity index (χ2v) is 4.66. The average Bonchev–Trinajstić information content (AvgIpc) is 2.85. The Balaban J connectivity index is 2.43. The molecule has 1 aromatic rings. The number of ether oxygens (including phenoxy) is 1. The van der Waals surface area contributed by atoms with Gasteiger partial charge in [-0.15, -0.1) is 0 Å². The minimum absolute atomic E-state index is 0.225. The van der Waals surface area contributed by atoms with Crippen molar-refractivity contribution in [3.05, 3.63) is 35.4 Å². The average molecular weight is 176 g/mol. The predicted molar refractivity (Wildman–Crippen MR) is 53.8 cm³/mol. The standard InChI is InChI=1S/C12H16O/c1-12(2,3)10-7-5-4-6-9(10)11-8-13-11/h4-7,11H,8H2,1-3H3/t11-/m1/s1. The van der Waals surface area contributed by atoms with Crippen molar-refractivity contribution in [2.75, 3.05) is 6.61 Å². The highest BCUT2D eigenvalue weighted by Crippen LogP contribution is 2.37. The fourth-order valence-corrected chi connectivity index (χ4v) is 1.69. The fraction of sp³-hybridized carbons (Fsp3) is 0.500. The SMILES string of the molecule is CC(C)(C)c1ccccc1[C@H]1CO1. The third-order valence-electron chi connectivity index (χ3n) is 2.45. The Morgan fingerprint density at radius 2 is 1.85 bits per heavy atom. The molecule has 0 saturated carbocycles. The Morgan fingerprint density at radius 3 is 2.38 bits per heavy atom. The molecule has 1 aromatic carbocycles. The van der Waals surface area contributed by atoms with E-state index in [1.54, 1.807) is 0 Å². The highest BCUT2D eigenvalue weighted by Gasteiger charge is 2.30. The molecule has 1 atom stereocenters. The molecule has 0 radical (unpaired) electrons. The molecule has 1 aliphatic rings. The number of hydrogen-bond acceptors (Lipinski definition) is 1. The first-order valence-corrected chi connectivity index (χ1v) is 4.80. The van der Waals surface area contributed by atoms with Crippen molar-refractivity contribution in [3.8, 4) is 0 Å². The summed E-state index contributed by atoms with van der Waals surface area (Å²) in [6, 6.07) is 8.58. The molecule has 13 heavy (non-hydrogen) atoms. The van der Waals surface area contributed by atoms with Crippen molar-refractivity contribution in [2.24, 2.45) is 0 Å². The first-order chi connectivity index (χ1) is 6.09. The number of benzene rings is 1. The molecule has 2 rings (SSSR count). The van der Waals surface area contributed by atoms with Crippen molar-refractivity contribution >= 4 is 0 Å². The smallest absolute Gasteiger partial charge is 0.106 e. The van der Waals surface area contributed by atoms with E-state index in [0.29, 0.717) is 6.10 Å². The third-order valence-corrected chi connectivity index (χ3v) is 2.45. The number of rotatable bonds is 1. The molecule has 0 bridgehead atoms. The van der Waals surface area contributed by atoms with Crippen molar-refractivity contribution in [2.45, 2.75) is 32.3 Å². The third kappa shape index (κ3) is 1.75. The summed E-state index contributed by atoms with van der Waals surface area (Å²) in [6.07, 6.45) is 0.371. The van der Waals surface area contributed by atoms with E-state index in [9.17, 15) is 0 Å². The summed E-state index contributed by atoms with van der Waals surface area (Å²) in [5.41, 5.74) is 3.01. The summed E-state index contributed by atoms with van der Waals surface area (Å²) in [4.78, 5) is 0. The highest BCUT2D eigenvalue weighted by molar-refractivity contribution is 5.35. The Labute approximate surface area is 79.7 Å². The van der Waals surface area contributed by atoms with Crippen molar-refractivity contribution < 1.29 is 4.74 Å². The maximum atomic E-state index is 5.33. The summed E-state index contributed by atoms with van der Waals surface area (Å²) in [6.45, 7) is 7.63. The van der Waals surface area contributed by atoms with Gasteiger partial charge in [-0.1, -0.05) is 45.0 Å². The van der Waals surface area contributed by atoms with E-state index in [1.807, 2.05) is 0 Å². The van der Waals surface area contributed by atoms with Crippen LogP contribution in [0.2, 0.25) is 0 Å². The van der Waals surface area contributed by atoms with Crippen molar-refractivity contribution in [3.63, 3.8) is 0 Å². The fourth-order valence-electron chi connectivity index (χ4n) is 1.69. The summed E-state index contributed by atoms with van der Waals surface area (Å²) >= 11 is 0. The van der Waals surface area contributed by atoms with Crippen LogP contribution in [0.1, 0.15) is 38.0 Å². The van der Waals surface area contributed by atoms with Crippen LogP contribution >= 0.6 is 0 Å². The van der Waals surface area contributed by atoms with Gasteiger partial charge in [-0.05, 0) is 16.5 Å². The van der Waals surface area contributed by atoms with Gasteiger partial charge >= 0.3 is 0 Å². The van der Waals surface area contributed by atoms with Crippen LogP contribution in [0.15, 0.2) is 24.3 Å². The van der Waals surface area contributed by atoms with Crippen LogP contribution in [0.25, 0.3) is 0 Å². The van der Waals surface area contributed by atoms with Gasteiger partial charge in [0.1, 0.15) is 6.10 Å². The van der Waals surface area contributed by atoms with E-state index in [0.717, 1.165) is 6.61 Å². The lowest BCUT2D eigenvalue weighted by Gasteiger charge is -2.22. The largest absolute Gasteiger partial charge is 0.368 e. The van der Waals surface area contributed by atoms with E-state index < -0.39 is 0 Å². The molecule has 1 fully saturated rings. The molecule has 70 valence electrons. The molecular weight excluding hydrogens is 160 g/mol. The Bertz CT molecular complexity index is 305. The topological polar surface area (TPSA) is 12.5 Å². The van der Waals surface area contributed by atoms with E-state index in [1.165, 1.54) is 11.1 Å². The Kier molecular flexibility index (Phi) is 1.92. The van der Waals surface area contributed by atoms with Gasteiger partial charge in [0.2, 0.25) is 0 Å². The van der Waals surface area contributed by atoms with Crippen molar-refractivity contribution in [1.29, 1.82) is 0 Å². The monoisotopic (exact) mass is 176 g/mol. The summed E-state index contributed by atoms with van der Waals surface area (Å²) in [7, 11) is 0. The quantitative estimate of drug-likeness (QED) is 0.599. The molecule has 1 saturated heterocycles. The molecular formula is C12H16O. The molecule has 1 aliphatic heterocycles. The number of hydrogen-bond donors (Lipinski definition) is 0. The predicted octanol–water partition coefficient (Wildman–Crippen LogP) is 3.06. The molecule has 1 nitrogen and oxygen atoms in total. The van der Waals surface area contributed by atoms with E-state index >= 15 is 0 Å². The lowest BCUT2D eigenvalue weighted by Crippen LogP contribution is -2.13. The molecule has 0 amide bonds. The van der Waals surface area contributed by atoms with Gasteiger partial charge in [-0.25, -0.2) is 0 Å². The maximum absolute atomic E-state index is 5.33. The van der Waals surface area contributed by atoms with E-state index in [4.69, 9.17) is 4.74 Å². The molecule has 1 heteroatoms. The summed E-state index contributed by atoms with van der Waals surface area (Å²) in [5, 5.41) is 0. The van der Waals surface area contributed by atoms with Crippen LogP contribution in [-0.2, 0) is 10.2 Å². The van der Waals surface area contributed by atoms with Crippen LogP contribution in [0.4, 0.5) is 0 Å². The Morgan fingerprint density at radius 1 is 1.23 bits per heavy atom. The van der Waals surface area contributed by atoms with Crippen LogP contribution < -0.4 is 0 Å². The van der Waals surface area contributed by atoms with E-state index in [-0.39, 0.29) is 5.41 Å². The van der Waals surface area contributed by atoms with Crippen LogP contribution in [0.3, 0.4) is 0 Å². The molecule has 0 aliphatic carbocycles. The van der Waals surface area contributed by atoms with Gasteiger partial charge in [-0.3, -0.25) is 0 Å². The van der Waals surface area contributed by atoms with Crippen LogP contribution in [0, 0.1) is 0 Å². The number of epoxide rings is 1. The second kappa shape index (κ2) is 2.85. The zero-order valence-corrected chi connectivity index (χ0v) is 8.50. The molecule has 0 spiro atoms. The first-order valence-electron chi connectivity index (χ1n) is 4.80. The van der Waals surface area contributed by atoms with Crippen LogP contribution in [0.5, 0.6) is 0 Å². The van der Waals surface area contributed by atoms with Gasteiger partial charge in [-0.2, -0.15) is 0 Å². The minimum atomic E-state index is 0.225.